The number of nitrogens with zero attached hydrogens (tertiary/aromatic N) is 1. The highest BCUT2D eigenvalue weighted by atomic mass is 15.2. The van der Waals surface area contributed by atoms with Crippen LogP contribution in [0.5, 0.6) is 0 Å². The number of nitrogens with two attached hydrogens (primary N) is 1. The van der Waals surface area contributed by atoms with Crippen LogP contribution in [0.2, 0.25) is 0 Å². The summed E-state index contributed by atoms with van der Waals surface area (Å²) in [6.07, 6.45) is 11.4. The van der Waals surface area contributed by atoms with Gasteiger partial charge in [0.15, 0.2) is 0 Å². The molecule has 1 heterocycles. The molecule has 2 aliphatic carbocycles. The molecule has 3 rings (SSSR count). The van der Waals surface area contributed by atoms with E-state index in [1.165, 1.54) is 64.5 Å². The lowest BCUT2D eigenvalue weighted by atomic mass is 9.72. The Morgan fingerprint density at radius 2 is 1.78 bits per heavy atom. The van der Waals surface area contributed by atoms with Crippen molar-refractivity contribution in [1.29, 1.82) is 0 Å². The van der Waals surface area contributed by atoms with E-state index in [-0.39, 0.29) is 0 Å². The summed E-state index contributed by atoms with van der Waals surface area (Å²) in [7, 11) is 0. The van der Waals surface area contributed by atoms with E-state index in [0.717, 1.165) is 24.3 Å². The van der Waals surface area contributed by atoms with Crippen LogP contribution in [0.15, 0.2) is 0 Å². The van der Waals surface area contributed by atoms with Crippen LogP contribution >= 0.6 is 0 Å². The summed E-state index contributed by atoms with van der Waals surface area (Å²) < 4.78 is 0. The van der Waals surface area contributed by atoms with Gasteiger partial charge in [0.1, 0.15) is 0 Å². The number of likely N-dealkylation sites (tertiary alicyclic amines) is 1. The maximum atomic E-state index is 6.24. The maximum absolute atomic E-state index is 6.24. The number of hydrogen-bond acceptors (Lipinski definition) is 2. The highest BCUT2D eigenvalue weighted by Crippen LogP contribution is 2.48. The van der Waals surface area contributed by atoms with Crippen molar-refractivity contribution in [2.75, 3.05) is 19.6 Å². The molecule has 104 valence electrons. The zero-order chi connectivity index (χ0) is 12.6. The van der Waals surface area contributed by atoms with E-state index in [4.69, 9.17) is 5.73 Å². The van der Waals surface area contributed by atoms with E-state index in [2.05, 4.69) is 11.8 Å². The first-order valence-electron chi connectivity index (χ1n) is 8.19. The Labute approximate surface area is 112 Å². The lowest BCUT2D eigenvalue weighted by Crippen LogP contribution is -2.58. The Hall–Kier alpha value is -0.0800. The van der Waals surface area contributed by atoms with Crippen LogP contribution in [0.4, 0.5) is 0 Å². The van der Waals surface area contributed by atoms with Gasteiger partial charge >= 0.3 is 0 Å². The first-order chi connectivity index (χ1) is 8.73. The molecule has 0 aromatic carbocycles. The third-order valence-electron chi connectivity index (χ3n) is 5.98. The van der Waals surface area contributed by atoms with Crippen LogP contribution in [0, 0.1) is 17.8 Å². The van der Waals surface area contributed by atoms with Gasteiger partial charge < -0.3 is 5.73 Å². The van der Waals surface area contributed by atoms with E-state index in [1.807, 2.05) is 0 Å². The number of hydrogen-bond donors (Lipinski definition) is 1. The van der Waals surface area contributed by atoms with Crippen molar-refractivity contribution >= 4 is 0 Å². The molecule has 0 aromatic rings. The largest absolute Gasteiger partial charge is 0.329 e. The second kappa shape index (κ2) is 5.13. The predicted octanol–water partition coefficient (Wildman–Crippen LogP) is 3.02. The van der Waals surface area contributed by atoms with Gasteiger partial charge in [0.2, 0.25) is 0 Å². The summed E-state index contributed by atoms with van der Waals surface area (Å²) in [5.74, 6) is 3.00. The van der Waals surface area contributed by atoms with Crippen molar-refractivity contribution in [3.63, 3.8) is 0 Å². The lowest BCUT2D eigenvalue weighted by molar-refractivity contribution is 0.00826. The molecule has 0 bridgehead atoms. The Bertz CT molecular complexity index is 279. The van der Waals surface area contributed by atoms with E-state index in [1.54, 1.807) is 0 Å². The molecule has 3 aliphatic rings. The third kappa shape index (κ3) is 2.46. The van der Waals surface area contributed by atoms with Gasteiger partial charge in [-0.25, -0.2) is 0 Å². The van der Waals surface area contributed by atoms with Gasteiger partial charge in [-0.05, 0) is 69.4 Å². The summed E-state index contributed by atoms with van der Waals surface area (Å²) in [4.78, 5) is 2.78. The molecule has 2 unspecified atom stereocenters. The van der Waals surface area contributed by atoms with Crippen LogP contribution in [-0.2, 0) is 0 Å². The number of piperidine rings is 1. The fourth-order valence-corrected chi connectivity index (χ4v) is 4.44. The molecule has 2 saturated carbocycles. The Balaban J connectivity index is 1.68. The van der Waals surface area contributed by atoms with Gasteiger partial charge in [0.05, 0.1) is 0 Å². The molecule has 2 atom stereocenters. The second-order valence-corrected chi connectivity index (χ2v) is 7.29. The minimum Gasteiger partial charge on any atom is -0.329 e. The quantitative estimate of drug-likeness (QED) is 0.834. The molecule has 1 saturated heterocycles. The van der Waals surface area contributed by atoms with Gasteiger partial charge in [0, 0.05) is 12.1 Å². The molecule has 0 radical (unpaired) electrons. The fourth-order valence-electron chi connectivity index (χ4n) is 4.44. The Kier molecular flexibility index (Phi) is 3.68. The molecule has 0 spiro atoms. The minimum atomic E-state index is 0.381. The van der Waals surface area contributed by atoms with Crippen molar-refractivity contribution in [1.82, 2.24) is 4.90 Å². The van der Waals surface area contributed by atoms with E-state index in [9.17, 15) is 0 Å². The van der Waals surface area contributed by atoms with Crippen LogP contribution in [0.3, 0.4) is 0 Å². The van der Waals surface area contributed by atoms with Crippen LogP contribution in [0.25, 0.3) is 0 Å². The van der Waals surface area contributed by atoms with Crippen LogP contribution in [-0.4, -0.2) is 30.1 Å². The third-order valence-corrected chi connectivity index (χ3v) is 5.98. The van der Waals surface area contributed by atoms with E-state index < -0.39 is 0 Å². The lowest BCUT2D eigenvalue weighted by Gasteiger charge is -2.50. The van der Waals surface area contributed by atoms with Crippen LogP contribution in [0.1, 0.15) is 58.3 Å². The smallest absolute Gasteiger partial charge is 0.0334 e. The first kappa shape index (κ1) is 12.9. The van der Waals surface area contributed by atoms with E-state index >= 15 is 0 Å². The molecule has 2 N–H and O–H groups in total. The van der Waals surface area contributed by atoms with Crippen molar-refractivity contribution in [3.05, 3.63) is 0 Å². The van der Waals surface area contributed by atoms with Gasteiger partial charge in [-0.15, -0.1) is 0 Å². The molecule has 2 heteroatoms. The number of rotatable bonds is 3. The summed E-state index contributed by atoms with van der Waals surface area (Å²) >= 11 is 0. The van der Waals surface area contributed by atoms with E-state index in [0.29, 0.717) is 5.54 Å². The SMILES string of the molecule is CC1CCN(C2(CN)CCCC(C3CC3)C2)CC1. The molecule has 0 amide bonds. The summed E-state index contributed by atoms with van der Waals surface area (Å²) in [6.45, 7) is 5.90. The zero-order valence-corrected chi connectivity index (χ0v) is 12.0. The van der Waals surface area contributed by atoms with Gasteiger partial charge in [-0.2, -0.15) is 0 Å². The fraction of sp³-hybridized carbons (Fsp3) is 1.00. The molecule has 3 fully saturated rings. The first-order valence-corrected chi connectivity index (χ1v) is 8.19. The van der Waals surface area contributed by atoms with Crippen molar-refractivity contribution in [2.45, 2.75) is 63.8 Å². The summed E-state index contributed by atoms with van der Waals surface area (Å²) in [5, 5.41) is 0. The average Bonchev–Trinajstić information content (AvgIpc) is 3.24. The monoisotopic (exact) mass is 250 g/mol. The Morgan fingerprint density at radius 1 is 1.06 bits per heavy atom. The van der Waals surface area contributed by atoms with Gasteiger partial charge in [-0.3, -0.25) is 4.90 Å². The zero-order valence-electron chi connectivity index (χ0n) is 12.0. The molecule has 2 nitrogen and oxygen atoms in total. The minimum absolute atomic E-state index is 0.381. The van der Waals surface area contributed by atoms with Crippen LogP contribution < -0.4 is 5.73 Å². The molecule has 0 aromatic heterocycles. The normalized spacial score (nSPS) is 40.0. The second-order valence-electron chi connectivity index (χ2n) is 7.29. The predicted molar refractivity (Wildman–Crippen MR) is 76.4 cm³/mol. The Morgan fingerprint density at radius 3 is 2.39 bits per heavy atom. The van der Waals surface area contributed by atoms with Crippen molar-refractivity contribution < 1.29 is 0 Å². The summed E-state index contributed by atoms with van der Waals surface area (Å²) in [5.41, 5.74) is 6.63. The van der Waals surface area contributed by atoms with Gasteiger partial charge in [-0.1, -0.05) is 19.8 Å². The summed E-state index contributed by atoms with van der Waals surface area (Å²) in [6, 6.07) is 0. The topological polar surface area (TPSA) is 29.3 Å². The molecule has 18 heavy (non-hydrogen) atoms. The molecule has 1 aliphatic heterocycles. The molecular weight excluding hydrogens is 220 g/mol. The van der Waals surface area contributed by atoms with Crippen molar-refractivity contribution in [2.24, 2.45) is 23.5 Å². The maximum Gasteiger partial charge on any atom is 0.0334 e. The van der Waals surface area contributed by atoms with Crippen molar-refractivity contribution in [3.8, 4) is 0 Å². The standard InChI is InChI=1S/C16H30N2/c1-13-6-9-18(10-7-13)16(12-17)8-2-3-15(11-16)14-4-5-14/h13-15H,2-12,17H2,1H3. The average molecular weight is 250 g/mol. The highest BCUT2D eigenvalue weighted by molar-refractivity contribution is 5.00. The highest BCUT2D eigenvalue weighted by Gasteiger charge is 2.44. The molecular formula is C16H30N2. The van der Waals surface area contributed by atoms with Gasteiger partial charge in [0.25, 0.3) is 0 Å².